The average Bonchev–Trinajstić information content (AvgIpc) is 2.56. The van der Waals surface area contributed by atoms with E-state index in [0.717, 1.165) is 26.4 Å². The van der Waals surface area contributed by atoms with E-state index in [0.29, 0.717) is 20.7 Å². The van der Waals surface area contributed by atoms with Crippen LogP contribution in [0.4, 0.5) is 11.4 Å². The van der Waals surface area contributed by atoms with Gasteiger partial charge in [-0.15, -0.1) is 11.8 Å². The molecule has 2 aromatic carbocycles. The van der Waals surface area contributed by atoms with Gasteiger partial charge >= 0.3 is 0 Å². The highest BCUT2D eigenvalue weighted by Gasteiger charge is 2.16. The van der Waals surface area contributed by atoms with Gasteiger partial charge in [0, 0.05) is 18.9 Å². The molecule has 0 bridgehead atoms. The molecule has 24 heavy (non-hydrogen) atoms. The quantitative estimate of drug-likeness (QED) is 0.287. The number of hydrazine groups is 1. The van der Waals surface area contributed by atoms with E-state index >= 15 is 0 Å². The zero-order chi connectivity index (χ0) is 17.9. The molecule has 128 valence electrons. The van der Waals surface area contributed by atoms with Gasteiger partial charge in [-0.25, -0.2) is 0 Å². The van der Waals surface area contributed by atoms with E-state index in [4.69, 9.17) is 17.3 Å². The van der Waals surface area contributed by atoms with E-state index in [9.17, 15) is 4.79 Å². The average molecular weight is 494 g/mol. The van der Waals surface area contributed by atoms with Crippen molar-refractivity contribution in [2.24, 2.45) is 0 Å². The van der Waals surface area contributed by atoms with Gasteiger partial charge in [0.2, 0.25) is 0 Å². The van der Waals surface area contributed by atoms with Crippen molar-refractivity contribution in [2.45, 2.75) is 18.7 Å². The Hall–Kier alpha value is -0.890. The number of nitrogen functional groups attached to an aromatic ring is 1. The highest BCUT2D eigenvalue weighted by molar-refractivity contribution is 9.11. The normalized spacial score (nSPS) is 10.5. The predicted octanol–water partition coefficient (Wildman–Crippen LogP) is 5.62. The molecule has 0 heterocycles. The van der Waals surface area contributed by atoms with E-state index in [-0.39, 0.29) is 5.91 Å². The van der Waals surface area contributed by atoms with Crippen LogP contribution < -0.4 is 16.6 Å². The van der Waals surface area contributed by atoms with Gasteiger partial charge < -0.3 is 5.73 Å². The number of nitrogens with two attached hydrogens (primary N) is 1. The van der Waals surface area contributed by atoms with Crippen molar-refractivity contribution in [2.75, 3.05) is 16.9 Å². The summed E-state index contributed by atoms with van der Waals surface area (Å²) in [6, 6.07) is 7.20. The van der Waals surface area contributed by atoms with Crippen LogP contribution in [-0.2, 0) is 0 Å². The smallest absolute Gasteiger partial charge is 0.271 e. The van der Waals surface area contributed by atoms with Crippen LogP contribution >= 0.6 is 55.2 Å². The van der Waals surface area contributed by atoms with Gasteiger partial charge in [-0.05, 0) is 58.4 Å². The van der Waals surface area contributed by atoms with Crippen LogP contribution in [0.2, 0.25) is 5.02 Å². The molecule has 4 N–H and O–H groups in total. The molecule has 0 saturated carbocycles. The molecular weight excluding hydrogens is 478 g/mol. The molecule has 0 saturated heterocycles. The number of carbonyl (C=O) groups excluding carboxylic acids is 1. The number of halogens is 3. The zero-order valence-corrected chi connectivity index (χ0v) is 17.8. The molecule has 0 unspecified atom stereocenters. The predicted molar refractivity (Wildman–Crippen MR) is 110 cm³/mol. The lowest BCUT2D eigenvalue weighted by molar-refractivity contribution is 0.0963. The first-order chi connectivity index (χ1) is 11.3. The van der Waals surface area contributed by atoms with E-state index in [1.807, 2.05) is 19.1 Å². The minimum absolute atomic E-state index is 0.332. The number of rotatable bonds is 5. The van der Waals surface area contributed by atoms with Crippen molar-refractivity contribution in [3.05, 3.63) is 49.4 Å². The monoisotopic (exact) mass is 491 g/mol. The Labute approximate surface area is 167 Å². The Balaban J connectivity index is 2.22. The number of hydrogen-bond acceptors (Lipinski definition) is 4. The molecule has 0 fully saturated rings. The van der Waals surface area contributed by atoms with E-state index in [1.165, 1.54) is 0 Å². The van der Waals surface area contributed by atoms with Crippen LogP contribution in [0.25, 0.3) is 0 Å². The highest BCUT2D eigenvalue weighted by Crippen LogP contribution is 2.33. The number of nitrogens with one attached hydrogen (secondary N) is 2. The summed E-state index contributed by atoms with van der Waals surface area (Å²) in [4.78, 5) is 13.5. The Kier molecular flexibility index (Phi) is 6.86. The number of hydrogen-bond donors (Lipinski definition) is 3. The maximum absolute atomic E-state index is 12.5. The fourth-order valence-electron chi connectivity index (χ4n) is 2.00. The second kappa shape index (κ2) is 8.47. The summed E-state index contributed by atoms with van der Waals surface area (Å²) in [5.74, 6) is 0.580. The summed E-state index contributed by atoms with van der Waals surface area (Å²) < 4.78 is 1.51. The van der Waals surface area contributed by atoms with Crippen molar-refractivity contribution >= 4 is 72.5 Å². The maximum atomic E-state index is 12.5. The summed E-state index contributed by atoms with van der Waals surface area (Å²) in [5, 5.41) is 0.590. The fourth-order valence-corrected chi connectivity index (χ4v) is 4.03. The van der Waals surface area contributed by atoms with Crippen molar-refractivity contribution in [3.8, 4) is 0 Å². The number of benzene rings is 2. The third kappa shape index (κ3) is 4.39. The Morgan fingerprint density at radius 2 is 2.04 bits per heavy atom. The van der Waals surface area contributed by atoms with Crippen molar-refractivity contribution in [3.63, 3.8) is 0 Å². The zero-order valence-electron chi connectivity index (χ0n) is 13.0. The Morgan fingerprint density at radius 1 is 1.33 bits per heavy atom. The van der Waals surface area contributed by atoms with Gasteiger partial charge in [0.05, 0.1) is 16.9 Å². The number of anilines is 2. The first-order valence-corrected chi connectivity index (χ1v) is 10.0. The topological polar surface area (TPSA) is 67.1 Å². The molecule has 4 nitrogen and oxygen atoms in total. The van der Waals surface area contributed by atoms with Crippen LogP contribution in [0.3, 0.4) is 0 Å². The summed E-state index contributed by atoms with van der Waals surface area (Å²) in [6.07, 6.45) is 0. The molecule has 0 aliphatic heterocycles. The molecule has 0 aliphatic rings. The lowest BCUT2D eigenvalue weighted by Gasteiger charge is -2.15. The van der Waals surface area contributed by atoms with Gasteiger partial charge in [-0.2, -0.15) is 0 Å². The van der Waals surface area contributed by atoms with Gasteiger partial charge in [-0.3, -0.25) is 15.6 Å². The van der Waals surface area contributed by atoms with Crippen molar-refractivity contribution in [1.82, 2.24) is 5.43 Å². The molecule has 0 radical (unpaired) electrons. The molecule has 0 spiro atoms. The van der Waals surface area contributed by atoms with Gasteiger partial charge in [-0.1, -0.05) is 34.5 Å². The first-order valence-electron chi connectivity index (χ1n) is 7.08. The number of carbonyl (C=O) groups is 1. The Bertz CT molecular complexity index is 786. The number of amides is 1. The molecule has 2 aromatic rings. The molecule has 1 amide bonds. The first kappa shape index (κ1) is 19.4. The minimum atomic E-state index is -0.332. The molecule has 8 heteroatoms. The van der Waals surface area contributed by atoms with Gasteiger partial charge in [0.15, 0.2) is 0 Å². The molecule has 0 atom stereocenters. The summed E-state index contributed by atoms with van der Waals surface area (Å²) in [6.45, 7) is 3.97. The second-order valence-corrected chi connectivity index (χ2v) is 8.30. The highest BCUT2D eigenvalue weighted by atomic mass is 79.9. The van der Waals surface area contributed by atoms with E-state index in [1.54, 1.807) is 23.9 Å². The van der Waals surface area contributed by atoms with Crippen molar-refractivity contribution in [1.29, 1.82) is 0 Å². The van der Waals surface area contributed by atoms with Crippen LogP contribution in [0.5, 0.6) is 0 Å². The van der Waals surface area contributed by atoms with E-state index < -0.39 is 0 Å². The standard InChI is InChI=1S/C16H16Br2ClN3OS/c1-3-24-13-5-4-9(19)6-12(13)21-22-16(23)10-7-11(17)8(2)14(18)15(10)20/h4-7,21H,3,20H2,1-2H3,(H,22,23). The molecule has 0 aliphatic carbocycles. The molecule has 2 rings (SSSR count). The lowest BCUT2D eigenvalue weighted by Crippen LogP contribution is -2.30. The summed E-state index contributed by atoms with van der Waals surface area (Å²) in [5.41, 5.74) is 14.1. The largest absolute Gasteiger partial charge is 0.397 e. The third-order valence-electron chi connectivity index (χ3n) is 3.28. The van der Waals surface area contributed by atoms with Gasteiger partial charge in [0.25, 0.3) is 5.91 Å². The van der Waals surface area contributed by atoms with Crippen molar-refractivity contribution < 1.29 is 4.79 Å². The molecule has 0 aromatic heterocycles. The van der Waals surface area contributed by atoms with Crippen LogP contribution in [0, 0.1) is 6.92 Å². The minimum Gasteiger partial charge on any atom is -0.397 e. The summed E-state index contributed by atoms with van der Waals surface area (Å²) >= 11 is 14.5. The second-order valence-electron chi connectivity index (χ2n) is 4.91. The summed E-state index contributed by atoms with van der Waals surface area (Å²) in [7, 11) is 0. The van der Waals surface area contributed by atoms with E-state index in [2.05, 4.69) is 49.6 Å². The SMILES string of the molecule is CCSc1ccc(Cl)cc1NNC(=O)c1cc(Br)c(C)c(Br)c1N. The lowest BCUT2D eigenvalue weighted by atomic mass is 10.1. The van der Waals surface area contributed by atoms with Crippen LogP contribution in [-0.4, -0.2) is 11.7 Å². The Morgan fingerprint density at radius 3 is 2.71 bits per heavy atom. The van der Waals surface area contributed by atoms with Crippen LogP contribution in [0.1, 0.15) is 22.8 Å². The van der Waals surface area contributed by atoms with Gasteiger partial charge in [0.1, 0.15) is 0 Å². The van der Waals surface area contributed by atoms with Crippen LogP contribution in [0.15, 0.2) is 38.1 Å². The third-order valence-corrected chi connectivity index (χ3v) is 6.32. The molecular formula is C16H16Br2ClN3OS. The maximum Gasteiger partial charge on any atom is 0.271 e. The fraction of sp³-hybridized carbons (Fsp3) is 0.188. The number of thioether (sulfide) groups is 1.